The van der Waals surface area contributed by atoms with Gasteiger partial charge in [0.05, 0.1) is 0 Å². The average Bonchev–Trinajstić information content (AvgIpc) is 2.46. The fourth-order valence-corrected chi connectivity index (χ4v) is 2.62. The van der Waals surface area contributed by atoms with Crippen molar-refractivity contribution in [2.45, 2.75) is 32.9 Å². The summed E-state index contributed by atoms with van der Waals surface area (Å²) >= 11 is 0. The predicted molar refractivity (Wildman–Crippen MR) is 80.6 cm³/mol. The highest BCUT2D eigenvalue weighted by molar-refractivity contribution is 5.48. The van der Waals surface area contributed by atoms with E-state index in [1.807, 2.05) is 19.3 Å². The van der Waals surface area contributed by atoms with Gasteiger partial charge in [0.15, 0.2) is 0 Å². The van der Waals surface area contributed by atoms with Gasteiger partial charge >= 0.3 is 0 Å². The van der Waals surface area contributed by atoms with Gasteiger partial charge in [0.1, 0.15) is 5.82 Å². The Balaban J connectivity index is 2.11. The number of nitrogens with zero attached hydrogens (tertiary/aromatic N) is 3. The van der Waals surface area contributed by atoms with Crippen LogP contribution in [0.4, 0.5) is 5.82 Å². The van der Waals surface area contributed by atoms with E-state index in [0.29, 0.717) is 12.1 Å². The van der Waals surface area contributed by atoms with Crippen molar-refractivity contribution >= 4 is 5.82 Å². The first-order valence-electron chi connectivity index (χ1n) is 7.24. The molecule has 0 aliphatic carbocycles. The Labute approximate surface area is 116 Å². The maximum absolute atomic E-state index is 4.61. The standard InChI is InChI=1S/C15H26N4/c1-12(2)18-8-10-19(11-9-18)15-14(13(3)16-4)6-5-7-17-15/h5-7,12-13,16H,8-11H2,1-4H3. The molecular weight excluding hydrogens is 236 g/mol. The van der Waals surface area contributed by atoms with Gasteiger partial charge < -0.3 is 10.2 Å². The lowest BCUT2D eigenvalue weighted by molar-refractivity contribution is 0.209. The summed E-state index contributed by atoms with van der Waals surface area (Å²) in [6, 6.07) is 5.18. The molecule has 19 heavy (non-hydrogen) atoms. The molecule has 1 aliphatic heterocycles. The molecule has 1 saturated heterocycles. The second kappa shape index (κ2) is 6.35. The fraction of sp³-hybridized carbons (Fsp3) is 0.667. The molecule has 1 unspecified atom stereocenters. The van der Waals surface area contributed by atoms with Crippen LogP contribution in [0.2, 0.25) is 0 Å². The Kier molecular flexibility index (Phi) is 4.77. The zero-order chi connectivity index (χ0) is 13.8. The lowest BCUT2D eigenvalue weighted by Crippen LogP contribution is -2.49. The molecule has 2 heterocycles. The number of pyridine rings is 1. The van der Waals surface area contributed by atoms with Crippen LogP contribution >= 0.6 is 0 Å². The van der Waals surface area contributed by atoms with E-state index in [1.54, 1.807) is 0 Å². The zero-order valence-corrected chi connectivity index (χ0v) is 12.6. The summed E-state index contributed by atoms with van der Waals surface area (Å²) in [6.45, 7) is 11.1. The number of nitrogens with one attached hydrogen (secondary N) is 1. The maximum Gasteiger partial charge on any atom is 0.133 e. The van der Waals surface area contributed by atoms with Gasteiger partial charge in [0.2, 0.25) is 0 Å². The first kappa shape index (κ1) is 14.3. The predicted octanol–water partition coefficient (Wildman–Crippen LogP) is 1.89. The highest BCUT2D eigenvalue weighted by atomic mass is 15.3. The zero-order valence-electron chi connectivity index (χ0n) is 12.6. The summed E-state index contributed by atoms with van der Waals surface area (Å²) in [4.78, 5) is 9.56. The molecule has 0 saturated carbocycles. The molecule has 0 aromatic carbocycles. The van der Waals surface area contributed by atoms with E-state index < -0.39 is 0 Å². The molecule has 4 nitrogen and oxygen atoms in total. The van der Waals surface area contributed by atoms with Crippen LogP contribution < -0.4 is 10.2 Å². The van der Waals surface area contributed by atoms with Gasteiger partial charge in [0, 0.05) is 50.0 Å². The van der Waals surface area contributed by atoms with Crippen LogP contribution in [0, 0.1) is 0 Å². The molecule has 1 aromatic heterocycles. The van der Waals surface area contributed by atoms with Gasteiger partial charge in [-0.3, -0.25) is 4.90 Å². The van der Waals surface area contributed by atoms with Crippen molar-refractivity contribution < 1.29 is 0 Å². The lowest BCUT2D eigenvalue weighted by atomic mass is 10.1. The van der Waals surface area contributed by atoms with E-state index in [2.05, 4.69) is 46.9 Å². The minimum atomic E-state index is 0.340. The quantitative estimate of drug-likeness (QED) is 0.898. The highest BCUT2D eigenvalue weighted by Crippen LogP contribution is 2.24. The molecule has 0 radical (unpaired) electrons. The summed E-state index contributed by atoms with van der Waals surface area (Å²) in [6.07, 6.45) is 1.90. The van der Waals surface area contributed by atoms with E-state index in [0.717, 1.165) is 32.0 Å². The number of anilines is 1. The van der Waals surface area contributed by atoms with Crippen molar-refractivity contribution in [3.63, 3.8) is 0 Å². The van der Waals surface area contributed by atoms with Crippen LogP contribution in [-0.2, 0) is 0 Å². The molecule has 4 heteroatoms. The molecular formula is C15H26N4. The Morgan fingerprint density at radius 1 is 1.16 bits per heavy atom. The van der Waals surface area contributed by atoms with Crippen molar-refractivity contribution in [3.8, 4) is 0 Å². The fourth-order valence-electron chi connectivity index (χ4n) is 2.62. The normalized spacial score (nSPS) is 18.9. The molecule has 0 bridgehead atoms. The second-order valence-electron chi connectivity index (χ2n) is 5.54. The van der Waals surface area contributed by atoms with Crippen molar-refractivity contribution in [1.82, 2.24) is 15.2 Å². The summed E-state index contributed by atoms with van der Waals surface area (Å²) in [5.74, 6) is 1.15. The Morgan fingerprint density at radius 2 is 1.84 bits per heavy atom. The molecule has 1 fully saturated rings. The largest absolute Gasteiger partial charge is 0.354 e. The van der Waals surface area contributed by atoms with E-state index in [1.165, 1.54) is 5.56 Å². The van der Waals surface area contributed by atoms with Crippen LogP contribution in [0.25, 0.3) is 0 Å². The van der Waals surface area contributed by atoms with Crippen molar-refractivity contribution in [1.29, 1.82) is 0 Å². The Morgan fingerprint density at radius 3 is 2.42 bits per heavy atom. The molecule has 1 aliphatic rings. The van der Waals surface area contributed by atoms with Crippen LogP contribution in [0.15, 0.2) is 18.3 Å². The van der Waals surface area contributed by atoms with Gasteiger partial charge in [-0.15, -0.1) is 0 Å². The smallest absolute Gasteiger partial charge is 0.133 e. The van der Waals surface area contributed by atoms with Crippen LogP contribution in [0.1, 0.15) is 32.4 Å². The summed E-state index contributed by atoms with van der Waals surface area (Å²) in [5, 5.41) is 3.31. The number of piperazine rings is 1. The minimum Gasteiger partial charge on any atom is -0.354 e. The second-order valence-corrected chi connectivity index (χ2v) is 5.54. The van der Waals surface area contributed by atoms with E-state index >= 15 is 0 Å². The first-order valence-corrected chi connectivity index (χ1v) is 7.24. The monoisotopic (exact) mass is 262 g/mol. The van der Waals surface area contributed by atoms with E-state index in [4.69, 9.17) is 0 Å². The first-order chi connectivity index (χ1) is 9.13. The molecule has 0 spiro atoms. The molecule has 1 atom stereocenters. The maximum atomic E-state index is 4.61. The van der Waals surface area contributed by atoms with Crippen LogP contribution in [-0.4, -0.2) is 49.2 Å². The number of rotatable bonds is 4. The molecule has 0 amide bonds. The third-order valence-electron chi connectivity index (χ3n) is 4.06. The van der Waals surface area contributed by atoms with Crippen molar-refractivity contribution in [3.05, 3.63) is 23.9 Å². The van der Waals surface area contributed by atoms with Gasteiger partial charge in [-0.2, -0.15) is 0 Å². The van der Waals surface area contributed by atoms with Gasteiger partial charge in [0.25, 0.3) is 0 Å². The van der Waals surface area contributed by atoms with Crippen LogP contribution in [0.5, 0.6) is 0 Å². The third kappa shape index (κ3) is 3.25. The summed E-state index contributed by atoms with van der Waals surface area (Å²) in [5.41, 5.74) is 1.29. The van der Waals surface area contributed by atoms with Crippen molar-refractivity contribution in [2.75, 3.05) is 38.1 Å². The Bertz CT molecular complexity index is 397. The SMILES string of the molecule is CNC(C)c1cccnc1N1CCN(C(C)C)CC1. The summed E-state index contributed by atoms with van der Waals surface area (Å²) in [7, 11) is 2.00. The lowest BCUT2D eigenvalue weighted by Gasteiger charge is -2.38. The van der Waals surface area contributed by atoms with Gasteiger partial charge in [-0.1, -0.05) is 6.07 Å². The highest BCUT2D eigenvalue weighted by Gasteiger charge is 2.22. The minimum absolute atomic E-state index is 0.340. The van der Waals surface area contributed by atoms with E-state index in [9.17, 15) is 0 Å². The summed E-state index contributed by atoms with van der Waals surface area (Å²) < 4.78 is 0. The third-order valence-corrected chi connectivity index (χ3v) is 4.06. The molecule has 1 N–H and O–H groups in total. The van der Waals surface area contributed by atoms with Crippen molar-refractivity contribution in [2.24, 2.45) is 0 Å². The van der Waals surface area contributed by atoms with Gasteiger partial charge in [-0.25, -0.2) is 4.98 Å². The van der Waals surface area contributed by atoms with E-state index in [-0.39, 0.29) is 0 Å². The molecule has 1 aromatic rings. The number of hydrogen-bond acceptors (Lipinski definition) is 4. The average molecular weight is 262 g/mol. The van der Waals surface area contributed by atoms with Crippen LogP contribution in [0.3, 0.4) is 0 Å². The number of aromatic nitrogens is 1. The Hall–Kier alpha value is -1.13. The number of hydrogen-bond donors (Lipinski definition) is 1. The molecule has 106 valence electrons. The molecule has 2 rings (SSSR count). The van der Waals surface area contributed by atoms with Gasteiger partial charge in [-0.05, 0) is 33.9 Å². The topological polar surface area (TPSA) is 31.4 Å².